The summed E-state index contributed by atoms with van der Waals surface area (Å²) in [6.45, 7) is 4.24. The Morgan fingerprint density at radius 2 is 1.42 bits per heavy atom. The van der Waals surface area contributed by atoms with E-state index in [2.05, 4.69) is 24.1 Å². The molecule has 0 saturated heterocycles. The standard InChI is InChI=1S/C22H26F2N2/c1-3-5-6-8-19-13-21(23)20(22(24)14-19)16-26-25-15-18-11-9-17(7-4-2)10-12-18/h9-16H,3-8H2,1-2H3/b25-15+,26-16+. The molecular formula is C22H26F2N2. The van der Waals surface area contributed by atoms with Gasteiger partial charge in [-0.2, -0.15) is 10.2 Å². The zero-order chi connectivity index (χ0) is 18.8. The number of hydrogen-bond acceptors (Lipinski definition) is 2. The average Bonchev–Trinajstić information content (AvgIpc) is 2.62. The van der Waals surface area contributed by atoms with Crippen LogP contribution in [0.15, 0.2) is 46.6 Å². The highest BCUT2D eigenvalue weighted by Gasteiger charge is 2.09. The van der Waals surface area contributed by atoms with E-state index in [0.29, 0.717) is 12.0 Å². The fourth-order valence-corrected chi connectivity index (χ4v) is 2.73. The third-order valence-electron chi connectivity index (χ3n) is 4.19. The maximum atomic E-state index is 14.1. The van der Waals surface area contributed by atoms with Gasteiger partial charge in [0.05, 0.1) is 18.0 Å². The molecule has 26 heavy (non-hydrogen) atoms. The number of hydrogen-bond donors (Lipinski definition) is 0. The van der Waals surface area contributed by atoms with Crippen molar-refractivity contribution >= 4 is 12.4 Å². The van der Waals surface area contributed by atoms with E-state index in [4.69, 9.17) is 0 Å². The fraction of sp³-hybridized carbons (Fsp3) is 0.364. The molecule has 0 atom stereocenters. The van der Waals surface area contributed by atoms with Crippen molar-refractivity contribution in [1.29, 1.82) is 0 Å². The molecule has 0 aromatic heterocycles. The van der Waals surface area contributed by atoms with Crippen molar-refractivity contribution in [3.8, 4) is 0 Å². The molecule has 0 aliphatic carbocycles. The first-order chi connectivity index (χ1) is 12.6. The zero-order valence-electron chi connectivity index (χ0n) is 15.5. The number of unbranched alkanes of at least 4 members (excludes halogenated alkanes) is 2. The van der Waals surface area contributed by atoms with E-state index in [1.165, 1.54) is 17.7 Å². The average molecular weight is 356 g/mol. The van der Waals surface area contributed by atoms with Crippen molar-refractivity contribution in [2.45, 2.75) is 52.4 Å². The van der Waals surface area contributed by atoms with Crippen LogP contribution in [0.2, 0.25) is 0 Å². The van der Waals surface area contributed by atoms with E-state index in [1.54, 1.807) is 6.21 Å². The molecule has 0 saturated carbocycles. The van der Waals surface area contributed by atoms with Crippen molar-refractivity contribution in [2.75, 3.05) is 0 Å². The van der Waals surface area contributed by atoms with Gasteiger partial charge in [-0.1, -0.05) is 57.4 Å². The Bertz CT molecular complexity index is 726. The van der Waals surface area contributed by atoms with Crippen LogP contribution in [-0.4, -0.2) is 12.4 Å². The van der Waals surface area contributed by atoms with Crippen LogP contribution in [0.1, 0.15) is 61.8 Å². The van der Waals surface area contributed by atoms with E-state index in [-0.39, 0.29) is 5.56 Å². The summed E-state index contributed by atoms with van der Waals surface area (Å²) in [4.78, 5) is 0. The Labute approximate surface area is 154 Å². The van der Waals surface area contributed by atoms with E-state index >= 15 is 0 Å². The van der Waals surface area contributed by atoms with Crippen molar-refractivity contribution in [2.24, 2.45) is 10.2 Å². The lowest BCUT2D eigenvalue weighted by atomic mass is 10.0. The monoisotopic (exact) mass is 356 g/mol. The van der Waals surface area contributed by atoms with E-state index < -0.39 is 11.6 Å². The van der Waals surface area contributed by atoms with Gasteiger partial charge in [0.15, 0.2) is 0 Å². The van der Waals surface area contributed by atoms with Gasteiger partial charge >= 0.3 is 0 Å². The Balaban J connectivity index is 2.00. The van der Waals surface area contributed by atoms with Gasteiger partial charge < -0.3 is 0 Å². The van der Waals surface area contributed by atoms with Crippen LogP contribution in [0.5, 0.6) is 0 Å². The van der Waals surface area contributed by atoms with Crippen LogP contribution in [0, 0.1) is 11.6 Å². The van der Waals surface area contributed by atoms with Gasteiger partial charge in [-0.05, 0) is 48.1 Å². The van der Waals surface area contributed by atoms with Gasteiger partial charge in [-0.25, -0.2) is 8.78 Å². The predicted octanol–water partition coefficient (Wildman–Crippen LogP) is 6.10. The molecule has 0 unspecified atom stereocenters. The molecule has 138 valence electrons. The lowest BCUT2D eigenvalue weighted by Gasteiger charge is -2.04. The predicted molar refractivity (Wildman–Crippen MR) is 105 cm³/mol. The van der Waals surface area contributed by atoms with E-state index in [1.807, 2.05) is 24.3 Å². The number of rotatable bonds is 9. The number of benzene rings is 2. The van der Waals surface area contributed by atoms with E-state index in [0.717, 1.165) is 43.9 Å². The molecule has 0 amide bonds. The lowest BCUT2D eigenvalue weighted by molar-refractivity contribution is 0.574. The van der Waals surface area contributed by atoms with Gasteiger partial charge in [-0.3, -0.25) is 0 Å². The fourth-order valence-electron chi connectivity index (χ4n) is 2.73. The summed E-state index contributed by atoms with van der Waals surface area (Å²) in [6, 6.07) is 10.8. The maximum absolute atomic E-state index is 14.1. The minimum absolute atomic E-state index is 0.153. The highest BCUT2D eigenvalue weighted by Crippen LogP contribution is 2.16. The minimum atomic E-state index is -0.598. The van der Waals surface area contributed by atoms with E-state index in [9.17, 15) is 8.78 Å². The molecule has 0 fully saturated rings. The maximum Gasteiger partial charge on any atom is 0.135 e. The summed E-state index contributed by atoms with van der Waals surface area (Å²) in [6.07, 6.45) is 8.60. The highest BCUT2D eigenvalue weighted by molar-refractivity contribution is 5.83. The van der Waals surface area contributed by atoms with Crippen LogP contribution < -0.4 is 0 Å². The molecule has 2 aromatic carbocycles. The van der Waals surface area contributed by atoms with Crippen molar-refractivity contribution < 1.29 is 8.78 Å². The summed E-state index contributed by atoms with van der Waals surface area (Å²) in [7, 11) is 0. The zero-order valence-corrected chi connectivity index (χ0v) is 15.5. The molecule has 2 nitrogen and oxygen atoms in total. The molecular weight excluding hydrogens is 330 g/mol. The van der Waals surface area contributed by atoms with Crippen molar-refractivity contribution in [3.63, 3.8) is 0 Å². The molecule has 0 aliphatic rings. The van der Waals surface area contributed by atoms with Crippen LogP contribution in [0.3, 0.4) is 0 Å². The van der Waals surface area contributed by atoms with Crippen LogP contribution >= 0.6 is 0 Å². The van der Waals surface area contributed by atoms with Gasteiger partial charge in [0.25, 0.3) is 0 Å². The third-order valence-corrected chi connectivity index (χ3v) is 4.19. The highest BCUT2D eigenvalue weighted by atomic mass is 19.1. The van der Waals surface area contributed by atoms with Gasteiger partial charge in [-0.15, -0.1) is 0 Å². The SMILES string of the molecule is CCCCCc1cc(F)c(/C=N/N=C/c2ccc(CCC)cc2)c(F)c1. The van der Waals surface area contributed by atoms with Crippen LogP contribution in [0.25, 0.3) is 0 Å². The molecule has 4 heteroatoms. The Hall–Kier alpha value is -2.36. The Morgan fingerprint density at radius 3 is 2.04 bits per heavy atom. The molecule has 0 heterocycles. The second-order valence-electron chi connectivity index (χ2n) is 6.41. The van der Waals surface area contributed by atoms with Crippen molar-refractivity contribution in [3.05, 3.63) is 70.3 Å². The second kappa shape index (κ2) is 10.6. The Kier molecular flexibility index (Phi) is 8.13. The summed E-state index contributed by atoms with van der Waals surface area (Å²) in [5, 5.41) is 7.68. The molecule has 0 N–H and O–H groups in total. The molecule has 0 spiro atoms. The number of nitrogens with zero attached hydrogens (tertiary/aromatic N) is 2. The first kappa shape index (κ1) is 20.0. The summed E-state index contributed by atoms with van der Waals surface area (Å²) in [5.74, 6) is -1.20. The first-order valence-corrected chi connectivity index (χ1v) is 9.27. The summed E-state index contributed by atoms with van der Waals surface area (Å²) in [5.41, 5.74) is 2.70. The second-order valence-corrected chi connectivity index (χ2v) is 6.41. The number of aryl methyl sites for hydroxylation is 2. The minimum Gasteiger partial charge on any atom is -0.206 e. The summed E-state index contributed by atoms with van der Waals surface area (Å²) < 4.78 is 28.2. The number of halogens is 2. The molecule has 0 radical (unpaired) electrons. The third kappa shape index (κ3) is 6.17. The molecule has 0 bridgehead atoms. The van der Waals surface area contributed by atoms with Crippen LogP contribution in [0.4, 0.5) is 8.78 Å². The van der Waals surface area contributed by atoms with Gasteiger partial charge in [0, 0.05) is 0 Å². The van der Waals surface area contributed by atoms with Gasteiger partial charge in [0.2, 0.25) is 0 Å². The molecule has 2 rings (SSSR count). The largest absolute Gasteiger partial charge is 0.206 e. The normalized spacial score (nSPS) is 11.7. The Morgan fingerprint density at radius 1 is 0.769 bits per heavy atom. The van der Waals surface area contributed by atoms with Crippen LogP contribution in [-0.2, 0) is 12.8 Å². The van der Waals surface area contributed by atoms with Gasteiger partial charge in [0.1, 0.15) is 11.6 Å². The van der Waals surface area contributed by atoms with Crippen molar-refractivity contribution in [1.82, 2.24) is 0 Å². The molecule has 0 aliphatic heterocycles. The smallest absolute Gasteiger partial charge is 0.135 e. The first-order valence-electron chi connectivity index (χ1n) is 9.27. The topological polar surface area (TPSA) is 24.7 Å². The lowest BCUT2D eigenvalue weighted by Crippen LogP contribution is -1.98. The molecule has 2 aromatic rings. The quantitative estimate of drug-likeness (QED) is 0.294. The summed E-state index contributed by atoms with van der Waals surface area (Å²) >= 11 is 0.